The number of rotatable bonds is 4. The second-order valence-corrected chi connectivity index (χ2v) is 17.0. The minimum Gasteiger partial charge on any atom is -0.218 e. The molecule has 0 unspecified atom stereocenters. The van der Waals surface area contributed by atoms with Crippen molar-refractivity contribution < 1.29 is 8.42 Å². The van der Waals surface area contributed by atoms with E-state index in [2.05, 4.69) is 115 Å². The summed E-state index contributed by atoms with van der Waals surface area (Å²) in [4.78, 5) is 15.4. The van der Waals surface area contributed by atoms with Crippen molar-refractivity contribution in [1.82, 2.24) is 15.0 Å². The molecular formula is C52H31N3O2S. The molecular weight excluding hydrogens is 731 g/mol. The van der Waals surface area contributed by atoms with Crippen LogP contribution >= 0.6 is 0 Å². The minimum absolute atomic E-state index is 0.266. The molecule has 6 heteroatoms. The fraction of sp³-hybridized carbons (Fsp3) is 0.0192. The fourth-order valence-electron chi connectivity index (χ4n) is 9.58. The van der Waals surface area contributed by atoms with Gasteiger partial charge in [-0.05, 0) is 73.8 Å². The van der Waals surface area contributed by atoms with Gasteiger partial charge >= 0.3 is 0 Å². The average Bonchev–Trinajstić information content (AvgIpc) is 3.85. The molecule has 0 saturated heterocycles. The number of nitrogens with zero attached hydrogens (tertiary/aromatic N) is 3. The highest BCUT2D eigenvalue weighted by atomic mass is 32.2. The van der Waals surface area contributed by atoms with Crippen LogP contribution in [0, 0.1) is 0 Å². The van der Waals surface area contributed by atoms with Gasteiger partial charge in [0.2, 0.25) is 9.84 Å². The lowest BCUT2D eigenvalue weighted by molar-refractivity contribution is 0.598. The van der Waals surface area contributed by atoms with Gasteiger partial charge in [-0.15, -0.1) is 0 Å². The van der Waals surface area contributed by atoms with E-state index in [9.17, 15) is 8.42 Å². The highest BCUT2D eigenvalue weighted by molar-refractivity contribution is 7.92. The van der Waals surface area contributed by atoms with Crippen molar-refractivity contribution in [2.24, 2.45) is 0 Å². The van der Waals surface area contributed by atoms with Gasteiger partial charge in [-0.1, -0.05) is 170 Å². The first kappa shape index (κ1) is 32.9. The summed E-state index contributed by atoms with van der Waals surface area (Å²) in [6.45, 7) is 0. The van der Waals surface area contributed by atoms with E-state index < -0.39 is 15.3 Å². The van der Waals surface area contributed by atoms with Crippen molar-refractivity contribution in [2.45, 2.75) is 15.2 Å². The Morgan fingerprint density at radius 2 is 0.724 bits per heavy atom. The van der Waals surface area contributed by atoms with Crippen molar-refractivity contribution in [3.63, 3.8) is 0 Å². The van der Waals surface area contributed by atoms with Crippen LogP contribution in [-0.4, -0.2) is 23.4 Å². The van der Waals surface area contributed by atoms with Crippen molar-refractivity contribution in [3.8, 4) is 78.7 Å². The number of fused-ring (bicyclic) bond motifs is 13. The van der Waals surface area contributed by atoms with Gasteiger partial charge in [0.1, 0.15) is 0 Å². The van der Waals surface area contributed by atoms with E-state index in [0.717, 1.165) is 22.3 Å². The van der Waals surface area contributed by atoms with Gasteiger partial charge < -0.3 is 0 Å². The van der Waals surface area contributed by atoms with Gasteiger partial charge in [0, 0.05) is 27.8 Å². The maximum atomic E-state index is 13.6. The van der Waals surface area contributed by atoms with Crippen molar-refractivity contribution in [1.29, 1.82) is 0 Å². The largest absolute Gasteiger partial charge is 0.218 e. The van der Waals surface area contributed by atoms with Crippen molar-refractivity contribution in [2.75, 3.05) is 0 Å². The van der Waals surface area contributed by atoms with Crippen LogP contribution < -0.4 is 0 Å². The van der Waals surface area contributed by atoms with Gasteiger partial charge in [0.25, 0.3) is 0 Å². The molecule has 2 aliphatic carbocycles. The van der Waals surface area contributed by atoms with E-state index in [1.165, 1.54) is 44.5 Å². The molecule has 0 N–H and O–H groups in total. The second-order valence-electron chi connectivity index (χ2n) is 15.1. The third-order valence-electron chi connectivity index (χ3n) is 12.1. The molecule has 1 spiro atoms. The van der Waals surface area contributed by atoms with Crippen LogP contribution in [0.15, 0.2) is 198 Å². The van der Waals surface area contributed by atoms with E-state index in [4.69, 9.17) is 15.0 Å². The molecule has 58 heavy (non-hydrogen) atoms. The third kappa shape index (κ3) is 4.52. The Labute approximate surface area is 336 Å². The van der Waals surface area contributed by atoms with Crippen LogP contribution in [0.1, 0.15) is 22.3 Å². The zero-order chi connectivity index (χ0) is 38.6. The summed E-state index contributed by atoms with van der Waals surface area (Å²) >= 11 is 0. The Morgan fingerprint density at radius 1 is 0.310 bits per heavy atom. The summed E-state index contributed by atoms with van der Waals surface area (Å²) in [5.74, 6) is 1.42. The Kier molecular flexibility index (Phi) is 6.87. The lowest BCUT2D eigenvalue weighted by Crippen LogP contribution is -2.25. The molecule has 0 fully saturated rings. The maximum Gasteiger partial charge on any atom is 0.207 e. The molecule has 0 radical (unpaired) electrons. The second kappa shape index (κ2) is 12.1. The number of benzene rings is 8. The van der Waals surface area contributed by atoms with Gasteiger partial charge in [-0.2, -0.15) is 0 Å². The standard InChI is InChI=1S/C52H31N3O2S/c56-58(57)47-21-11-7-17-41(47)42-29-27-36(31-48(42)58)51-54-49(33-12-2-1-3-13-33)53-50(55-51)34-24-22-32(23-25-34)35-26-28-40-39-16-6-10-20-45(39)52(46(40)30-35)43-18-8-4-14-37(43)38-15-5-9-19-44(38)52/h1-31H. The predicted octanol–water partition coefficient (Wildman–Crippen LogP) is 11.7. The van der Waals surface area contributed by atoms with Gasteiger partial charge in [0.05, 0.1) is 15.2 Å². The molecule has 0 saturated carbocycles. The number of hydrogen-bond donors (Lipinski definition) is 0. The molecule has 2 heterocycles. The topological polar surface area (TPSA) is 72.8 Å². The molecule has 8 aromatic carbocycles. The summed E-state index contributed by atoms with van der Waals surface area (Å²) in [7, 11) is -3.68. The average molecular weight is 762 g/mol. The molecule has 1 aromatic heterocycles. The van der Waals surface area contributed by atoms with Crippen LogP contribution in [0.4, 0.5) is 0 Å². The molecule has 5 nitrogen and oxygen atoms in total. The summed E-state index contributed by atoms with van der Waals surface area (Å²) < 4.78 is 27.3. The van der Waals surface area contributed by atoms with Gasteiger partial charge in [-0.25, -0.2) is 23.4 Å². The normalized spacial score (nSPS) is 14.3. The highest BCUT2D eigenvalue weighted by Crippen LogP contribution is 2.63. The third-order valence-corrected chi connectivity index (χ3v) is 14.0. The Bertz CT molecular complexity index is 3240. The van der Waals surface area contributed by atoms with Crippen LogP contribution in [0.25, 0.3) is 78.7 Å². The quantitative estimate of drug-likeness (QED) is 0.179. The van der Waals surface area contributed by atoms with Crippen LogP contribution in [0.5, 0.6) is 0 Å². The Hall–Kier alpha value is -7.28. The number of sulfone groups is 1. The van der Waals surface area contributed by atoms with Crippen molar-refractivity contribution >= 4 is 9.84 Å². The predicted molar refractivity (Wildman–Crippen MR) is 229 cm³/mol. The first-order chi connectivity index (χ1) is 28.5. The lowest BCUT2D eigenvalue weighted by atomic mass is 9.70. The summed E-state index contributed by atoms with van der Waals surface area (Å²) in [5, 5.41) is 0. The number of aromatic nitrogens is 3. The first-order valence-corrected chi connectivity index (χ1v) is 20.8. The molecule has 0 atom stereocenters. The first-order valence-electron chi connectivity index (χ1n) is 19.4. The molecule has 1 aliphatic heterocycles. The summed E-state index contributed by atoms with van der Waals surface area (Å²) in [5.41, 5.74) is 15.8. The van der Waals surface area contributed by atoms with Crippen LogP contribution in [0.2, 0.25) is 0 Å². The van der Waals surface area contributed by atoms with E-state index in [0.29, 0.717) is 39.1 Å². The summed E-state index contributed by atoms with van der Waals surface area (Å²) in [6, 6.07) is 64.3. The van der Waals surface area contributed by atoms with E-state index >= 15 is 0 Å². The molecule has 9 aromatic rings. The minimum atomic E-state index is -3.68. The molecule has 3 aliphatic rings. The lowest BCUT2D eigenvalue weighted by Gasteiger charge is -2.30. The van der Waals surface area contributed by atoms with Gasteiger partial charge in [0.15, 0.2) is 17.5 Å². The van der Waals surface area contributed by atoms with E-state index in [1.54, 1.807) is 18.2 Å². The SMILES string of the molecule is O=S1(=O)c2ccccc2-c2ccc(-c3nc(-c4ccccc4)nc(-c4ccc(-c5ccc6c(c5)C5(c7ccccc7-c7ccccc75)c5ccccc5-6)cc4)n3)cc21. The zero-order valence-electron chi connectivity index (χ0n) is 31.0. The summed E-state index contributed by atoms with van der Waals surface area (Å²) in [6.07, 6.45) is 0. The van der Waals surface area contributed by atoms with Crippen LogP contribution in [-0.2, 0) is 15.3 Å². The van der Waals surface area contributed by atoms with E-state index in [-0.39, 0.29) is 4.90 Å². The monoisotopic (exact) mass is 761 g/mol. The Balaban J connectivity index is 0.971. The van der Waals surface area contributed by atoms with E-state index in [1.807, 2.05) is 54.6 Å². The highest BCUT2D eigenvalue weighted by Gasteiger charge is 2.51. The molecule has 12 rings (SSSR count). The Morgan fingerprint density at radius 3 is 1.34 bits per heavy atom. The fourth-order valence-corrected chi connectivity index (χ4v) is 11.3. The maximum absolute atomic E-state index is 13.6. The molecule has 0 amide bonds. The smallest absolute Gasteiger partial charge is 0.207 e. The zero-order valence-corrected chi connectivity index (χ0v) is 31.8. The van der Waals surface area contributed by atoms with Gasteiger partial charge in [-0.3, -0.25) is 0 Å². The number of hydrogen-bond acceptors (Lipinski definition) is 5. The van der Waals surface area contributed by atoms with Crippen molar-refractivity contribution in [3.05, 3.63) is 210 Å². The molecule has 272 valence electrons. The molecule has 0 bridgehead atoms. The van der Waals surface area contributed by atoms with Crippen LogP contribution in [0.3, 0.4) is 0 Å².